The minimum Gasteiger partial charge on any atom is -0.325 e. The van der Waals surface area contributed by atoms with Crippen molar-refractivity contribution in [3.05, 3.63) is 35.7 Å². The Hall–Kier alpha value is -2.33. The number of anilines is 1. The van der Waals surface area contributed by atoms with Crippen molar-refractivity contribution in [2.45, 2.75) is 30.3 Å². The van der Waals surface area contributed by atoms with Crippen LogP contribution in [0.3, 0.4) is 0 Å². The third-order valence-corrected chi connectivity index (χ3v) is 4.15. The quantitative estimate of drug-likeness (QED) is 0.799. The van der Waals surface area contributed by atoms with Crippen molar-refractivity contribution >= 4 is 23.4 Å². The van der Waals surface area contributed by atoms with E-state index in [2.05, 4.69) is 26.6 Å². The fourth-order valence-electron chi connectivity index (χ4n) is 1.99. The number of carbonyl (C=O) groups excluding carboxylic acids is 1. The van der Waals surface area contributed by atoms with Crippen LogP contribution in [0.5, 0.6) is 0 Å². The van der Waals surface area contributed by atoms with E-state index in [1.54, 1.807) is 12.1 Å². The molecule has 0 bridgehead atoms. The van der Waals surface area contributed by atoms with Gasteiger partial charge < -0.3 is 5.32 Å². The number of rotatable bonds is 6. The average Bonchev–Trinajstić information content (AvgIpc) is 3.26. The molecule has 0 saturated heterocycles. The van der Waals surface area contributed by atoms with E-state index in [9.17, 15) is 4.79 Å². The molecule has 3 rings (SSSR count). The number of benzene rings is 1. The van der Waals surface area contributed by atoms with E-state index in [0.717, 1.165) is 17.1 Å². The van der Waals surface area contributed by atoms with Gasteiger partial charge >= 0.3 is 0 Å². The molecule has 0 radical (unpaired) electrons. The van der Waals surface area contributed by atoms with Gasteiger partial charge in [0.15, 0.2) is 0 Å². The standard InChI is InChI=1S/C15H15N5OS/c16-8-7-10-1-5-12(6-2-10)17-13(21)9-22-15-18-14(19-20-15)11-3-4-11/h1-2,5-6,11H,3-4,7,9H2,(H,17,21)(H,18,19,20). The monoisotopic (exact) mass is 313 g/mol. The fourth-order valence-corrected chi connectivity index (χ4v) is 2.59. The average molecular weight is 313 g/mol. The number of aromatic nitrogens is 3. The lowest BCUT2D eigenvalue weighted by Gasteiger charge is -2.04. The van der Waals surface area contributed by atoms with Crippen molar-refractivity contribution in [3.63, 3.8) is 0 Å². The number of amides is 1. The van der Waals surface area contributed by atoms with Crippen LogP contribution in [0.4, 0.5) is 5.69 Å². The Kier molecular flexibility index (Phi) is 4.39. The van der Waals surface area contributed by atoms with Crippen LogP contribution in [0.2, 0.25) is 0 Å². The highest BCUT2D eigenvalue weighted by Crippen LogP contribution is 2.38. The molecule has 1 saturated carbocycles. The third kappa shape index (κ3) is 3.86. The SMILES string of the molecule is N#CCc1ccc(NC(=O)CSc2n[nH]c(C3CC3)n2)cc1. The number of nitriles is 1. The topological polar surface area (TPSA) is 94.5 Å². The maximum absolute atomic E-state index is 11.9. The van der Waals surface area contributed by atoms with E-state index in [1.165, 1.54) is 24.6 Å². The number of nitrogens with one attached hydrogen (secondary N) is 2. The molecule has 1 aromatic heterocycles. The minimum atomic E-state index is -0.101. The minimum absolute atomic E-state index is 0.101. The molecule has 0 atom stereocenters. The second-order valence-corrected chi connectivity index (χ2v) is 6.09. The van der Waals surface area contributed by atoms with Crippen molar-refractivity contribution in [3.8, 4) is 6.07 Å². The van der Waals surface area contributed by atoms with E-state index < -0.39 is 0 Å². The zero-order valence-electron chi connectivity index (χ0n) is 11.9. The highest BCUT2D eigenvalue weighted by molar-refractivity contribution is 7.99. The zero-order valence-corrected chi connectivity index (χ0v) is 12.7. The lowest BCUT2D eigenvalue weighted by atomic mass is 10.1. The first-order valence-electron chi connectivity index (χ1n) is 7.05. The molecule has 1 fully saturated rings. The molecule has 0 spiro atoms. The van der Waals surface area contributed by atoms with Gasteiger partial charge in [-0.2, -0.15) is 5.26 Å². The second-order valence-electron chi connectivity index (χ2n) is 5.15. The first-order valence-corrected chi connectivity index (χ1v) is 8.04. The Balaban J connectivity index is 1.48. The van der Waals surface area contributed by atoms with Crippen LogP contribution >= 0.6 is 11.8 Å². The van der Waals surface area contributed by atoms with Gasteiger partial charge in [0.25, 0.3) is 0 Å². The molecule has 1 aliphatic carbocycles. The first-order chi connectivity index (χ1) is 10.7. The molecule has 1 aromatic carbocycles. The Morgan fingerprint density at radius 2 is 2.18 bits per heavy atom. The van der Waals surface area contributed by atoms with Gasteiger partial charge in [-0.1, -0.05) is 23.9 Å². The molecule has 0 aliphatic heterocycles. The van der Waals surface area contributed by atoms with Gasteiger partial charge in [-0.15, -0.1) is 5.10 Å². The van der Waals surface area contributed by atoms with E-state index >= 15 is 0 Å². The number of hydrogen-bond acceptors (Lipinski definition) is 5. The van der Waals surface area contributed by atoms with Crippen molar-refractivity contribution in [1.29, 1.82) is 5.26 Å². The van der Waals surface area contributed by atoms with Crippen LogP contribution in [0.25, 0.3) is 0 Å². The second kappa shape index (κ2) is 6.62. The fraction of sp³-hybridized carbons (Fsp3) is 0.333. The van der Waals surface area contributed by atoms with Gasteiger partial charge in [-0.05, 0) is 30.5 Å². The van der Waals surface area contributed by atoms with Gasteiger partial charge in [0.05, 0.1) is 18.2 Å². The van der Waals surface area contributed by atoms with Crippen LogP contribution in [0, 0.1) is 11.3 Å². The van der Waals surface area contributed by atoms with Gasteiger partial charge in [-0.25, -0.2) is 4.98 Å². The number of nitrogens with zero attached hydrogens (tertiary/aromatic N) is 3. The summed E-state index contributed by atoms with van der Waals surface area (Å²) in [5.74, 6) is 1.62. The van der Waals surface area contributed by atoms with Crippen LogP contribution in [-0.2, 0) is 11.2 Å². The summed E-state index contributed by atoms with van der Waals surface area (Å²) in [6.45, 7) is 0. The summed E-state index contributed by atoms with van der Waals surface area (Å²) < 4.78 is 0. The summed E-state index contributed by atoms with van der Waals surface area (Å²) in [4.78, 5) is 16.3. The maximum atomic E-state index is 11.9. The molecule has 1 aliphatic rings. The Bertz CT molecular complexity index is 699. The number of aromatic amines is 1. The highest BCUT2D eigenvalue weighted by atomic mass is 32.2. The molecular formula is C15H15N5OS. The van der Waals surface area contributed by atoms with E-state index in [1.807, 2.05) is 12.1 Å². The summed E-state index contributed by atoms with van der Waals surface area (Å²) in [6, 6.07) is 9.36. The molecule has 22 heavy (non-hydrogen) atoms. The highest BCUT2D eigenvalue weighted by Gasteiger charge is 2.27. The summed E-state index contributed by atoms with van der Waals surface area (Å²) in [7, 11) is 0. The third-order valence-electron chi connectivity index (χ3n) is 3.30. The van der Waals surface area contributed by atoms with Gasteiger partial charge in [-0.3, -0.25) is 9.89 Å². The number of thioether (sulfide) groups is 1. The lowest BCUT2D eigenvalue weighted by Crippen LogP contribution is -2.14. The van der Waals surface area contributed by atoms with Crippen LogP contribution < -0.4 is 5.32 Å². The summed E-state index contributed by atoms with van der Waals surface area (Å²) >= 11 is 1.32. The summed E-state index contributed by atoms with van der Waals surface area (Å²) in [5, 5.41) is 19.1. The lowest BCUT2D eigenvalue weighted by molar-refractivity contribution is -0.113. The molecule has 0 unspecified atom stereocenters. The molecular weight excluding hydrogens is 298 g/mol. The van der Waals surface area contributed by atoms with E-state index in [0.29, 0.717) is 17.5 Å². The summed E-state index contributed by atoms with van der Waals surface area (Å²) in [6.07, 6.45) is 2.71. The smallest absolute Gasteiger partial charge is 0.234 e. The molecule has 112 valence electrons. The Morgan fingerprint density at radius 1 is 1.41 bits per heavy atom. The number of carbonyl (C=O) groups is 1. The molecule has 6 nitrogen and oxygen atoms in total. The predicted octanol–water partition coefficient (Wildman–Crippen LogP) is 2.48. The number of H-pyrrole nitrogens is 1. The number of hydrogen-bond donors (Lipinski definition) is 2. The van der Waals surface area contributed by atoms with Gasteiger partial charge in [0.1, 0.15) is 5.82 Å². The van der Waals surface area contributed by atoms with E-state index in [4.69, 9.17) is 5.26 Å². The molecule has 2 N–H and O–H groups in total. The molecule has 1 amide bonds. The van der Waals surface area contributed by atoms with E-state index in [-0.39, 0.29) is 11.7 Å². The van der Waals surface area contributed by atoms with Gasteiger partial charge in [0.2, 0.25) is 11.1 Å². The van der Waals surface area contributed by atoms with Crippen LogP contribution in [0.1, 0.15) is 30.1 Å². The summed E-state index contributed by atoms with van der Waals surface area (Å²) in [5.41, 5.74) is 1.66. The van der Waals surface area contributed by atoms with Crippen molar-refractivity contribution in [1.82, 2.24) is 15.2 Å². The molecule has 2 aromatic rings. The largest absolute Gasteiger partial charge is 0.325 e. The van der Waals surface area contributed by atoms with Crippen molar-refractivity contribution in [2.24, 2.45) is 0 Å². The Labute approximate surface area is 132 Å². The zero-order chi connectivity index (χ0) is 15.4. The van der Waals surface area contributed by atoms with Crippen molar-refractivity contribution in [2.75, 3.05) is 11.1 Å². The Morgan fingerprint density at radius 3 is 2.86 bits per heavy atom. The van der Waals surface area contributed by atoms with Crippen LogP contribution in [-0.4, -0.2) is 26.8 Å². The van der Waals surface area contributed by atoms with Crippen LogP contribution in [0.15, 0.2) is 29.4 Å². The molecule has 7 heteroatoms. The molecule has 1 heterocycles. The predicted molar refractivity (Wildman–Crippen MR) is 83.5 cm³/mol. The maximum Gasteiger partial charge on any atom is 0.234 e. The normalized spacial score (nSPS) is 13.6. The van der Waals surface area contributed by atoms with Crippen molar-refractivity contribution < 1.29 is 4.79 Å². The van der Waals surface area contributed by atoms with Gasteiger partial charge in [0, 0.05) is 11.6 Å². The first kappa shape index (κ1) is 14.6.